The van der Waals surface area contributed by atoms with Crippen LogP contribution in [-0.4, -0.2) is 18.7 Å². The molecule has 0 aromatic heterocycles. The van der Waals surface area contributed by atoms with E-state index in [-0.39, 0.29) is 5.60 Å². The highest BCUT2D eigenvalue weighted by atomic mass is 16.5. The zero-order valence-corrected chi connectivity index (χ0v) is 12.5. The lowest BCUT2D eigenvalue weighted by Crippen LogP contribution is -2.45. The van der Waals surface area contributed by atoms with Crippen LogP contribution in [-0.2, 0) is 0 Å². The number of nitrogens with one attached hydrogen (secondary N) is 1. The van der Waals surface area contributed by atoms with E-state index in [4.69, 9.17) is 4.74 Å². The van der Waals surface area contributed by atoms with Gasteiger partial charge in [-0.15, -0.1) is 0 Å². The van der Waals surface area contributed by atoms with Gasteiger partial charge >= 0.3 is 0 Å². The van der Waals surface area contributed by atoms with Crippen molar-refractivity contribution >= 4 is 0 Å². The van der Waals surface area contributed by atoms with Crippen molar-refractivity contribution in [2.75, 3.05) is 13.1 Å². The highest BCUT2D eigenvalue weighted by Gasteiger charge is 2.38. The Balaban J connectivity index is 1.82. The van der Waals surface area contributed by atoms with Gasteiger partial charge in [0, 0.05) is 0 Å². The first-order valence-electron chi connectivity index (χ1n) is 7.56. The fourth-order valence-electron chi connectivity index (χ4n) is 2.54. The summed E-state index contributed by atoms with van der Waals surface area (Å²) in [5.74, 6) is 1.74. The molecule has 2 rings (SSSR count). The summed E-state index contributed by atoms with van der Waals surface area (Å²) < 4.78 is 6.26. The molecule has 1 aromatic carbocycles. The number of benzene rings is 1. The summed E-state index contributed by atoms with van der Waals surface area (Å²) in [6, 6.07) is 8.44. The molecule has 1 saturated carbocycles. The molecular weight excluding hydrogens is 234 g/mol. The van der Waals surface area contributed by atoms with Gasteiger partial charge in [-0.25, -0.2) is 0 Å². The van der Waals surface area contributed by atoms with E-state index in [0.717, 1.165) is 31.2 Å². The van der Waals surface area contributed by atoms with Gasteiger partial charge < -0.3 is 10.1 Å². The van der Waals surface area contributed by atoms with Gasteiger partial charge in [0.2, 0.25) is 0 Å². The minimum absolute atomic E-state index is 0.0965. The second-order valence-electron chi connectivity index (χ2n) is 6.30. The standard InChI is InChI=1S/C17H27NO/c1-14(2)13-18-12-11-17(9-4-10-17)19-16-7-5-15(3)6-8-16/h5-8,14,18H,4,9-13H2,1-3H3. The Labute approximate surface area is 117 Å². The summed E-state index contributed by atoms with van der Waals surface area (Å²) >= 11 is 0. The topological polar surface area (TPSA) is 21.3 Å². The zero-order chi connectivity index (χ0) is 13.7. The smallest absolute Gasteiger partial charge is 0.120 e. The van der Waals surface area contributed by atoms with E-state index in [0.29, 0.717) is 0 Å². The Morgan fingerprint density at radius 3 is 2.42 bits per heavy atom. The molecule has 1 fully saturated rings. The first-order valence-corrected chi connectivity index (χ1v) is 7.56. The van der Waals surface area contributed by atoms with Crippen LogP contribution in [0.1, 0.15) is 45.1 Å². The van der Waals surface area contributed by atoms with E-state index in [1.807, 2.05) is 0 Å². The van der Waals surface area contributed by atoms with Gasteiger partial charge in [-0.1, -0.05) is 31.5 Å². The number of hydrogen-bond acceptors (Lipinski definition) is 2. The molecule has 0 radical (unpaired) electrons. The van der Waals surface area contributed by atoms with Gasteiger partial charge in [0.25, 0.3) is 0 Å². The van der Waals surface area contributed by atoms with Crippen molar-refractivity contribution in [2.45, 2.75) is 52.1 Å². The van der Waals surface area contributed by atoms with E-state index < -0.39 is 0 Å². The second kappa shape index (κ2) is 6.42. The van der Waals surface area contributed by atoms with Crippen molar-refractivity contribution in [3.05, 3.63) is 29.8 Å². The molecule has 2 nitrogen and oxygen atoms in total. The molecule has 0 spiro atoms. The molecule has 0 atom stereocenters. The van der Waals surface area contributed by atoms with Crippen LogP contribution in [0.4, 0.5) is 0 Å². The normalized spacial score (nSPS) is 17.3. The molecule has 1 N–H and O–H groups in total. The van der Waals surface area contributed by atoms with Gasteiger partial charge in [-0.2, -0.15) is 0 Å². The van der Waals surface area contributed by atoms with Crippen LogP contribution in [0, 0.1) is 12.8 Å². The highest BCUT2D eigenvalue weighted by Crippen LogP contribution is 2.39. The second-order valence-corrected chi connectivity index (χ2v) is 6.30. The van der Waals surface area contributed by atoms with Crippen LogP contribution < -0.4 is 10.1 Å². The maximum atomic E-state index is 6.26. The first-order chi connectivity index (χ1) is 9.10. The van der Waals surface area contributed by atoms with Crippen molar-refractivity contribution in [1.82, 2.24) is 5.32 Å². The van der Waals surface area contributed by atoms with Crippen molar-refractivity contribution in [2.24, 2.45) is 5.92 Å². The summed E-state index contributed by atoms with van der Waals surface area (Å²) in [7, 11) is 0. The zero-order valence-electron chi connectivity index (χ0n) is 12.5. The lowest BCUT2D eigenvalue weighted by atomic mass is 9.77. The Morgan fingerprint density at radius 2 is 1.89 bits per heavy atom. The molecule has 0 saturated heterocycles. The monoisotopic (exact) mass is 261 g/mol. The Morgan fingerprint density at radius 1 is 1.21 bits per heavy atom. The lowest BCUT2D eigenvalue weighted by molar-refractivity contribution is -0.0143. The summed E-state index contributed by atoms with van der Waals surface area (Å²) in [4.78, 5) is 0. The predicted molar refractivity (Wildman–Crippen MR) is 80.7 cm³/mol. The van der Waals surface area contributed by atoms with Gasteiger partial charge in [-0.05, 0) is 63.7 Å². The molecule has 1 aromatic rings. The van der Waals surface area contributed by atoms with E-state index in [2.05, 4.69) is 50.4 Å². The van der Waals surface area contributed by atoms with Crippen molar-refractivity contribution in [1.29, 1.82) is 0 Å². The van der Waals surface area contributed by atoms with E-state index >= 15 is 0 Å². The number of aryl methyl sites for hydroxylation is 1. The molecule has 0 bridgehead atoms. The SMILES string of the molecule is Cc1ccc(OC2(CCNCC(C)C)CCC2)cc1. The number of ether oxygens (including phenoxy) is 1. The summed E-state index contributed by atoms with van der Waals surface area (Å²) in [5, 5.41) is 3.52. The molecule has 0 unspecified atom stereocenters. The highest BCUT2D eigenvalue weighted by molar-refractivity contribution is 5.27. The molecular formula is C17H27NO. The van der Waals surface area contributed by atoms with E-state index in [1.165, 1.54) is 24.8 Å². The van der Waals surface area contributed by atoms with Gasteiger partial charge in [0.15, 0.2) is 0 Å². The summed E-state index contributed by atoms with van der Waals surface area (Å²) in [5.41, 5.74) is 1.38. The fourth-order valence-corrected chi connectivity index (χ4v) is 2.54. The van der Waals surface area contributed by atoms with Crippen molar-refractivity contribution < 1.29 is 4.74 Å². The summed E-state index contributed by atoms with van der Waals surface area (Å²) in [6.07, 6.45) is 4.82. The minimum atomic E-state index is 0.0965. The number of rotatable bonds is 7. The molecule has 1 aliphatic rings. The Hall–Kier alpha value is -1.02. The Kier molecular flexibility index (Phi) is 4.87. The van der Waals surface area contributed by atoms with Crippen molar-refractivity contribution in [3.63, 3.8) is 0 Å². The van der Waals surface area contributed by atoms with Crippen LogP contribution in [0.25, 0.3) is 0 Å². The molecule has 1 aliphatic carbocycles. The molecule has 0 aliphatic heterocycles. The molecule has 106 valence electrons. The quantitative estimate of drug-likeness (QED) is 0.751. The van der Waals surface area contributed by atoms with Crippen LogP contribution in [0.2, 0.25) is 0 Å². The maximum Gasteiger partial charge on any atom is 0.120 e. The average molecular weight is 261 g/mol. The van der Waals surface area contributed by atoms with Gasteiger partial charge in [0.1, 0.15) is 11.4 Å². The maximum absolute atomic E-state index is 6.26. The largest absolute Gasteiger partial charge is 0.487 e. The van der Waals surface area contributed by atoms with Crippen LogP contribution in [0.5, 0.6) is 5.75 Å². The average Bonchev–Trinajstić information content (AvgIpc) is 2.33. The van der Waals surface area contributed by atoms with E-state index in [9.17, 15) is 0 Å². The van der Waals surface area contributed by atoms with Crippen LogP contribution in [0.3, 0.4) is 0 Å². The molecule has 19 heavy (non-hydrogen) atoms. The van der Waals surface area contributed by atoms with Gasteiger partial charge in [-0.3, -0.25) is 0 Å². The van der Waals surface area contributed by atoms with Crippen LogP contribution >= 0.6 is 0 Å². The lowest BCUT2D eigenvalue weighted by Gasteiger charge is -2.42. The van der Waals surface area contributed by atoms with Gasteiger partial charge in [0.05, 0.1) is 0 Å². The molecule has 2 heteroatoms. The first kappa shape index (κ1) is 14.4. The van der Waals surface area contributed by atoms with Crippen molar-refractivity contribution in [3.8, 4) is 5.75 Å². The number of hydrogen-bond donors (Lipinski definition) is 1. The third kappa shape index (κ3) is 4.24. The minimum Gasteiger partial charge on any atom is -0.487 e. The third-order valence-electron chi connectivity index (χ3n) is 3.93. The Bertz CT molecular complexity index is 379. The predicted octanol–water partition coefficient (Wildman–Crippen LogP) is 3.93. The van der Waals surface area contributed by atoms with Crippen LogP contribution in [0.15, 0.2) is 24.3 Å². The fraction of sp³-hybridized carbons (Fsp3) is 0.647. The molecule has 0 amide bonds. The third-order valence-corrected chi connectivity index (χ3v) is 3.93. The van der Waals surface area contributed by atoms with E-state index in [1.54, 1.807) is 0 Å². The summed E-state index contributed by atoms with van der Waals surface area (Å²) in [6.45, 7) is 8.76. The molecule has 0 heterocycles.